The number of amides is 2. The van der Waals surface area contributed by atoms with Crippen LogP contribution in [0.15, 0.2) is 30.5 Å². The second kappa shape index (κ2) is 9.23. The lowest BCUT2D eigenvalue weighted by Crippen LogP contribution is -2.24. The van der Waals surface area contributed by atoms with Gasteiger partial charge >= 0.3 is 0 Å². The molecule has 1 aliphatic rings. The maximum absolute atomic E-state index is 12.4. The number of pyridine rings is 1. The average Bonchev–Trinajstić information content (AvgIpc) is 3.54. The third kappa shape index (κ3) is 5.14. The molecule has 1 saturated carbocycles. The van der Waals surface area contributed by atoms with E-state index in [4.69, 9.17) is 4.84 Å². The Morgan fingerprint density at radius 3 is 2.60 bits per heavy atom. The van der Waals surface area contributed by atoms with Crippen LogP contribution in [-0.2, 0) is 20.6 Å². The van der Waals surface area contributed by atoms with Gasteiger partial charge in [0, 0.05) is 31.5 Å². The Bertz CT molecular complexity index is 993. The predicted octanol–water partition coefficient (Wildman–Crippen LogP) is 2.50. The van der Waals surface area contributed by atoms with Gasteiger partial charge in [-0.15, -0.1) is 0 Å². The van der Waals surface area contributed by atoms with Crippen molar-refractivity contribution in [3.8, 4) is 0 Å². The molecule has 2 aromatic rings. The first-order chi connectivity index (χ1) is 14.3. The Morgan fingerprint density at radius 2 is 1.97 bits per heavy atom. The monoisotopic (exact) mass is 431 g/mol. The molecular weight excluding hydrogens is 406 g/mol. The van der Waals surface area contributed by atoms with Gasteiger partial charge in [-0.3, -0.25) is 18.7 Å². The molecule has 1 aromatic heterocycles. The molecule has 1 fully saturated rings. The molecule has 3 rings (SSSR count). The van der Waals surface area contributed by atoms with Crippen LogP contribution in [0.2, 0.25) is 0 Å². The smallest absolute Gasteiger partial charge is 0.278 e. The van der Waals surface area contributed by atoms with E-state index in [0.717, 1.165) is 18.4 Å². The van der Waals surface area contributed by atoms with Gasteiger partial charge in [-0.25, -0.2) is 14.7 Å². The van der Waals surface area contributed by atoms with Crippen LogP contribution in [0.3, 0.4) is 0 Å². The minimum atomic E-state index is -1.24. The zero-order valence-corrected chi connectivity index (χ0v) is 18.1. The van der Waals surface area contributed by atoms with Crippen LogP contribution in [0.25, 0.3) is 0 Å². The molecule has 1 aromatic carbocycles. The number of benzene rings is 1. The van der Waals surface area contributed by atoms with Gasteiger partial charge in [-0.2, -0.15) is 0 Å². The number of rotatable bonds is 8. The highest BCUT2D eigenvalue weighted by Crippen LogP contribution is 2.33. The summed E-state index contributed by atoms with van der Waals surface area (Å²) < 4.78 is 13.7. The van der Waals surface area contributed by atoms with Crippen LogP contribution in [0.1, 0.15) is 28.8 Å². The number of aryl methyl sites for hydroxylation is 1. The highest BCUT2D eigenvalue weighted by atomic mass is 32.2. The van der Waals surface area contributed by atoms with Crippen molar-refractivity contribution < 1.29 is 18.6 Å². The van der Waals surface area contributed by atoms with Crippen molar-refractivity contribution in [2.24, 2.45) is 5.92 Å². The Kier molecular flexibility index (Phi) is 6.68. The molecule has 160 valence electrons. The van der Waals surface area contributed by atoms with Crippen molar-refractivity contribution in [2.45, 2.75) is 19.8 Å². The fourth-order valence-electron chi connectivity index (χ4n) is 2.82. The summed E-state index contributed by atoms with van der Waals surface area (Å²) in [5, 5.41) is 6.00. The van der Waals surface area contributed by atoms with Gasteiger partial charge in [0.25, 0.3) is 5.91 Å². The van der Waals surface area contributed by atoms with Gasteiger partial charge in [0.05, 0.1) is 29.7 Å². The summed E-state index contributed by atoms with van der Waals surface area (Å²) in [5.41, 5.74) is 5.28. The SMILES string of the molecule is CONC(=O)c1cnc(NC(=O)C2CC2)cc1Nc1ccc(C)cc1N(C)S(C)=O. The van der Waals surface area contributed by atoms with Gasteiger partial charge in [0.1, 0.15) is 16.8 Å². The zero-order chi connectivity index (χ0) is 21.8. The summed E-state index contributed by atoms with van der Waals surface area (Å²) in [5.74, 6) is -0.214. The van der Waals surface area contributed by atoms with Crippen molar-refractivity contribution in [1.29, 1.82) is 0 Å². The molecule has 9 nitrogen and oxygen atoms in total. The number of anilines is 4. The molecule has 0 spiro atoms. The molecule has 0 bridgehead atoms. The molecule has 0 saturated heterocycles. The largest absolute Gasteiger partial charge is 0.353 e. The molecule has 0 aliphatic heterocycles. The lowest BCUT2D eigenvalue weighted by atomic mass is 10.1. The molecular formula is C20H25N5O4S. The molecule has 1 atom stereocenters. The van der Waals surface area contributed by atoms with Gasteiger partial charge in [0.2, 0.25) is 5.91 Å². The number of nitrogens with one attached hydrogen (secondary N) is 3. The maximum atomic E-state index is 12.4. The van der Waals surface area contributed by atoms with Crippen LogP contribution in [-0.4, -0.2) is 41.4 Å². The molecule has 3 N–H and O–H groups in total. The number of nitrogens with zero attached hydrogens (tertiary/aromatic N) is 2. The first-order valence-electron chi connectivity index (χ1n) is 9.39. The Hall–Kier alpha value is -2.98. The third-order valence-corrected chi connectivity index (χ3v) is 5.66. The van der Waals surface area contributed by atoms with E-state index in [-0.39, 0.29) is 17.4 Å². The second-order valence-electron chi connectivity index (χ2n) is 7.08. The van der Waals surface area contributed by atoms with Crippen molar-refractivity contribution in [2.75, 3.05) is 35.4 Å². The van der Waals surface area contributed by atoms with E-state index in [1.165, 1.54) is 13.3 Å². The van der Waals surface area contributed by atoms with E-state index in [9.17, 15) is 13.8 Å². The molecule has 1 heterocycles. The first-order valence-corrected chi connectivity index (χ1v) is 10.9. The van der Waals surface area contributed by atoms with Gasteiger partial charge < -0.3 is 10.6 Å². The molecule has 30 heavy (non-hydrogen) atoms. The van der Waals surface area contributed by atoms with E-state index in [1.54, 1.807) is 23.7 Å². The lowest BCUT2D eigenvalue weighted by molar-refractivity contribution is -0.117. The van der Waals surface area contributed by atoms with Crippen LogP contribution in [0.5, 0.6) is 0 Å². The van der Waals surface area contributed by atoms with Gasteiger partial charge in [-0.05, 0) is 37.5 Å². The van der Waals surface area contributed by atoms with Crippen molar-refractivity contribution in [3.05, 3.63) is 41.6 Å². The van der Waals surface area contributed by atoms with Crippen LogP contribution < -0.4 is 20.4 Å². The first kappa shape index (κ1) is 21.7. The summed E-state index contributed by atoms with van der Waals surface area (Å²) in [4.78, 5) is 33.5. The fourth-order valence-corrected chi connectivity index (χ4v) is 3.25. The van der Waals surface area contributed by atoms with E-state index in [2.05, 4.69) is 21.1 Å². The summed E-state index contributed by atoms with van der Waals surface area (Å²) >= 11 is 0. The highest BCUT2D eigenvalue weighted by molar-refractivity contribution is 7.85. The van der Waals surface area contributed by atoms with Crippen LogP contribution >= 0.6 is 0 Å². The average molecular weight is 432 g/mol. The topological polar surface area (TPSA) is 113 Å². The number of hydroxylamine groups is 1. The van der Waals surface area contributed by atoms with Crippen molar-refractivity contribution in [1.82, 2.24) is 10.5 Å². The Balaban J connectivity index is 1.99. The predicted molar refractivity (Wildman–Crippen MR) is 117 cm³/mol. The summed E-state index contributed by atoms with van der Waals surface area (Å²) in [6.45, 7) is 1.94. The lowest BCUT2D eigenvalue weighted by Gasteiger charge is -2.22. The number of hydrogen-bond donors (Lipinski definition) is 3. The molecule has 2 amide bonds. The molecule has 0 radical (unpaired) electrons. The standard InChI is InChI=1S/C20H25N5O4S/c1-12-5-8-15(17(9-12)25(2)30(4)28)22-16-10-18(23-19(26)13-6-7-13)21-11-14(16)20(27)24-29-3/h5,8-11,13H,6-7H2,1-4H3,(H,24,27)(H2,21,22,23,26). The molecule has 1 aliphatic carbocycles. The van der Waals surface area contributed by atoms with E-state index < -0.39 is 16.9 Å². The van der Waals surface area contributed by atoms with E-state index in [0.29, 0.717) is 22.9 Å². The van der Waals surface area contributed by atoms with Crippen molar-refractivity contribution >= 4 is 45.7 Å². The number of carbonyl (C=O) groups is 2. The quantitative estimate of drug-likeness (QED) is 0.554. The van der Waals surface area contributed by atoms with E-state index >= 15 is 0 Å². The highest BCUT2D eigenvalue weighted by Gasteiger charge is 2.30. The second-order valence-corrected chi connectivity index (χ2v) is 8.48. The normalized spacial score (nSPS) is 14.0. The summed E-state index contributed by atoms with van der Waals surface area (Å²) in [6, 6.07) is 7.24. The van der Waals surface area contributed by atoms with Gasteiger partial charge in [0.15, 0.2) is 0 Å². The summed E-state index contributed by atoms with van der Waals surface area (Å²) in [7, 11) is 1.82. The number of carbonyl (C=O) groups excluding carboxylic acids is 2. The van der Waals surface area contributed by atoms with E-state index in [1.807, 2.05) is 25.1 Å². The Labute approximate surface area is 177 Å². The minimum absolute atomic E-state index is 0.0246. The van der Waals surface area contributed by atoms with Gasteiger partial charge in [-0.1, -0.05) is 6.07 Å². The zero-order valence-electron chi connectivity index (χ0n) is 17.3. The minimum Gasteiger partial charge on any atom is -0.353 e. The third-order valence-electron chi connectivity index (χ3n) is 4.69. The number of hydrogen-bond acceptors (Lipinski definition) is 6. The van der Waals surface area contributed by atoms with Crippen LogP contribution in [0, 0.1) is 12.8 Å². The van der Waals surface area contributed by atoms with Crippen molar-refractivity contribution in [3.63, 3.8) is 0 Å². The maximum Gasteiger partial charge on any atom is 0.278 e. The molecule has 1 unspecified atom stereocenters. The number of aromatic nitrogens is 1. The molecule has 10 heteroatoms. The van der Waals surface area contributed by atoms with Crippen LogP contribution in [0.4, 0.5) is 22.9 Å². The summed E-state index contributed by atoms with van der Waals surface area (Å²) in [6.07, 6.45) is 4.70. The Morgan fingerprint density at radius 1 is 1.23 bits per heavy atom. The fraction of sp³-hybridized carbons (Fsp3) is 0.350.